The minimum atomic E-state index is -1.27. The number of carboxylic acid groups (broad SMARTS) is 1. The molecule has 1 heterocycles. The fourth-order valence-electron chi connectivity index (χ4n) is 0.411. The number of carbonyl (C=O) groups is 1. The van der Waals surface area contributed by atoms with Crippen LogP contribution in [0, 0.1) is 0 Å². The third kappa shape index (κ3) is 1.73. The average Bonchev–Trinajstić information content (AvgIpc) is 2.15. The minimum Gasteiger partial charge on any atom is -0.449 e. The fraction of sp³-hybridized carbons (Fsp3) is 0. The smallest absolute Gasteiger partial charge is 0.449 e. The molecule has 0 spiro atoms. The highest BCUT2D eigenvalue weighted by Gasteiger charge is 1.97. The van der Waals surface area contributed by atoms with Gasteiger partial charge in [0, 0.05) is 5.38 Å². The molecule has 0 aromatic carbocycles. The van der Waals surface area contributed by atoms with Gasteiger partial charge in [-0.25, -0.2) is 4.79 Å². The lowest BCUT2D eigenvalue weighted by molar-refractivity contribution is 0.144. The molecule has 0 aliphatic rings. The maximum atomic E-state index is 9.85. The summed E-state index contributed by atoms with van der Waals surface area (Å²) in [6.45, 7) is 0. The summed E-state index contributed by atoms with van der Waals surface area (Å²) in [5, 5.41) is 11.4. The molecule has 0 amide bonds. The van der Waals surface area contributed by atoms with Crippen LogP contribution >= 0.6 is 11.3 Å². The third-order valence-corrected chi connectivity index (χ3v) is 1.36. The van der Waals surface area contributed by atoms with E-state index in [0.29, 0.717) is 5.75 Å². The van der Waals surface area contributed by atoms with Crippen LogP contribution in [-0.4, -0.2) is 11.3 Å². The Balaban J connectivity index is 2.58. The van der Waals surface area contributed by atoms with Crippen molar-refractivity contribution in [3.63, 3.8) is 0 Å². The summed E-state index contributed by atoms with van der Waals surface area (Å²) in [6.07, 6.45) is -1.27. The predicted octanol–water partition coefficient (Wildman–Crippen LogP) is 1.80. The molecule has 48 valence electrons. The van der Waals surface area contributed by atoms with E-state index in [1.807, 2.05) is 0 Å². The summed E-state index contributed by atoms with van der Waals surface area (Å²) < 4.78 is 4.28. The molecule has 0 saturated carbocycles. The molecule has 4 heteroatoms. The van der Waals surface area contributed by atoms with Gasteiger partial charge in [0.05, 0.1) is 0 Å². The fourth-order valence-corrected chi connectivity index (χ4v) is 0.963. The van der Waals surface area contributed by atoms with Crippen LogP contribution in [0.2, 0.25) is 0 Å². The van der Waals surface area contributed by atoms with Crippen molar-refractivity contribution in [1.29, 1.82) is 0 Å². The Morgan fingerprint density at radius 3 is 3.00 bits per heavy atom. The quantitative estimate of drug-likeness (QED) is 0.611. The first-order valence-electron chi connectivity index (χ1n) is 2.22. The number of rotatable bonds is 1. The van der Waals surface area contributed by atoms with E-state index in [1.54, 1.807) is 16.8 Å². The molecule has 1 N–H and O–H groups in total. The Kier molecular flexibility index (Phi) is 1.69. The van der Waals surface area contributed by atoms with Crippen molar-refractivity contribution >= 4 is 17.5 Å². The first-order valence-corrected chi connectivity index (χ1v) is 3.16. The Hall–Kier alpha value is -1.03. The van der Waals surface area contributed by atoms with E-state index in [4.69, 9.17) is 5.11 Å². The Morgan fingerprint density at radius 1 is 1.78 bits per heavy atom. The van der Waals surface area contributed by atoms with Crippen molar-refractivity contribution in [1.82, 2.24) is 0 Å². The molecule has 3 nitrogen and oxygen atoms in total. The van der Waals surface area contributed by atoms with Gasteiger partial charge in [-0.15, -0.1) is 11.3 Å². The lowest BCUT2D eigenvalue weighted by Crippen LogP contribution is -2.01. The largest absolute Gasteiger partial charge is 0.511 e. The highest BCUT2D eigenvalue weighted by Crippen LogP contribution is 2.14. The second-order valence-electron chi connectivity index (χ2n) is 1.33. The molecule has 1 rings (SSSR count). The van der Waals surface area contributed by atoms with E-state index in [1.165, 1.54) is 11.3 Å². The topological polar surface area (TPSA) is 46.5 Å². The zero-order valence-electron chi connectivity index (χ0n) is 4.40. The molecule has 0 aliphatic heterocycles. The Bertz CT molecular complexity index is 192. The number of ether oxygens (including phenoxy) is 1. The van der Waals surface area contributed by atoms with Crippen molar-refractivity contribution in [3.05, 3.63) is 16.8 Å². The van der Waals surface area contributed by atoms with E-state index in [2.05, 4.69) is 4.74 Å². The van der Waals surface area contributed by atoms with E-state index in [0.717, 1.165) is 0 Å². The molecule has 0 unspecified atom stereocenters. The lowest BCUT2D eigenvalue weighted by Gasteiger charge is -1.90. The first-order chi connectivity index (χ1) is 4.29. The van der Waals surface area contributed by atoms with Gasteiger partial charge in [0.25, 0.3) is 0 Å². The van der Waals surface area contributed by atoms with Gasteiger partial charge in [0.15, 0.2) is 0 Å². The average molecular weight is 144 g/mol. The zero-order chi connectivity index (χ0) is 6.69. The summed E-state index contributed by atoms with van der Waals surface area (Å²) in [4.78, 5) is 9.85. The van der Waals surface area contributed by atoms with Crippen LogP contribution in [0.1, 0.15) is 0 Å². The molecule has 0 bridgehead atoms. The van der Waals surface area contributed by atoms with E-state index >= 15 is 0 Å². The van der Waals surface area contributed by atoms with Crippen molar-refractivity contribution in [2.75, 3.05) is 0 Å². The van der Waals surface area contributed by atoms with Crippen molar-refractivity contribution < 1.29 is 14.6 Å². The molecule has 0 atom stereocenters. The Labute approximate surface area is 55.5 Å². The van der Waals surface area contributed by atoms with Crippen LogP contribution in [0.25, 0.3) is 0 Å². The van der Waals surface area contributed by atoms with Gasteiger partial charge in [-0.2, -0.15) is 0 Å². The van der Waals surface area contributed by atoms with E-state index in [9.17, 15) is 4.79 Å². The highest BCUT2D eigenvalue weighted by atomic mass is 32.1. The second kappa shape index (κ2) is 2.50. The molecule has 0 radical (unpaired) electrons. The Morgan fingerprint density at radius 2 is 2.56 bits per heavy atom. The van der Waals surface area contributed by atoms with Gasteiger partial charge in [0.2, 0.25) is 0 Å². The van der Waals surface area contributed by atoms with Crippen LogP contribution in [0.15, 0.2) is 16.8 Å². The van der Waals surface area contributed by atoms with Crippen molar-refractivity contribution in [2.24, 2.45) is 0 Å². The third-order valence-electron chi connectivity index (χ3n) is 0.700. The SMILES string of the molecule is O=C(O)Oc1ccsc1. The minimum absolute atomic E-state index is 0.382. The monoisotopic (exact) mass is 144 g/mol. The highest BCUT2D eigenvalue weighted by molar-refractivity contribution is 7.08. The standard InChI is InChI=1S/C5H4O3S/c6-5(7)8-4-1-2-9-3-4/h1-3H,(H,6,7). The van der Waals surface area contributed by atoms with Crippen LogP contribution < -0.4 is 4.74 Å². The predicted molar refractivity (Wildman–Crippen MR) is 33.0 cm³/mol. The molecule has 0 aliphatic carbocycles. The van der Waals surface area contributed by atoms with Crippen LogP contribution in [-0.2, 0) is 0 Å². The van der Waals surface area contributed by atoms with Crippen LogP contribution in [0.4, 0.5) is 4.79 Å². The van der Waals surface area contributed by atoms with Gasteiger partial charge in [-0.1, -0.05) is 0 Å². The maximum absolute atomic E-state index is 9.85. The molecular weight excluding hydrogens is 140 g/mol. The molecule has 0 fully saturated rings. The lowest BCUT2D eigenvalue weighted by atomic mass is 10.6. The number of hydrogen-bond donors (Lipinski definition) is 1. The summed E-state index contributed by atoms with van der Waals surface area (Å²) in [5.74, 6) is 0.382. The van der Waals surface area contributed by atoms with Gasteiger partial charge in [0.1, 0.15) is 5.75 Å². The molecule has 0 saturated heterocycles. The summed E-state index contributed by atoms with van der Waals surface area (Å²) in [5.41, 5.74) is 0. The zero-order valence-corrected chi connectivity index (χ0v) is 5.22. The van der Waals surface area contributed by atoms with Crippen molar-refractivity contribution in [2.45, 2.75) is 0 Å². The molecular formula is C5H4O3S. The maximum Gasteiger partial charge on any atom is 0.511 e. The second-order valence-corrected chi connectivity index (χ2v) is 2.11. The van der Waals surface area contributed by atoms with Gasteiger partial charge >= 0.3 is 6.16 Å². The van der Waals surface area contributed by atoms with Crippen molar-refractivity contribution in [3.8, 4) is 5.75 Å². The van der Waals surface area contributed by atoms with E-state index < -0.39 is 6.16 Å². The summed E-state index contributed by atoms with van der Waals surface area (Å²) in [7, 11) is 0. The van der Waals surface area contributed by atoms with Gasteiger partial charge in [-0.3, -0.25) is 0 Å². The first kappa shape index (κ1) is 6.10. The summed E-state index contributed by atoms with van der Waals surface area (Å²) in [6, 6.07) is 1.60. The molecule has 1 aromatic rings. The van der Waals surface area contributed by atoms with Gasteiger partial charge < -0.3 is 9.84 Å². The van der Waals surface area contributed by atoms with Gasteiger partial charge in [-0.05, 0) is 11.4 Å². The van der Waals surface area contributed by atoms with E-state index in [-0.39, 0.29) is 0 Å². The normalized spacial score (nSPS) is 8.89. The molecule has 9 heavy (non-hydrogen) atoms. The summed E-state index contributed by atoms with van der Waals surface area (Å²) >= 11 is 1.39. The number of thiophene rings is 1. The number of hydrogen-bond acceptors (Lipinski definition) is 3. The molecule has 1 aromatic heterocycles. The van der Waals surface area contributed by atoms with Crippen LogP contribution in [0.5, 0.6) is 5.75 Å². The van der Waals surface area contributed by atoms with Crippen LogP contribution in [0.3, 0.4) is 0 Å².